The third-order valence-electron chi connectivity index (χ3n) is 2.02. The molecule has 0 unspecified atom stereocenters. The van der Waals surface area contributed by atoms with Gasteiger partial charge in [0.25, 0.3) is 10.0 Å². The van der Waals surface area contributed by atoms with Crippen molar-refractivity contribution in [2.45, 2.75) is 18.1 Å². The van der Waals surface area contributed by atoms with Crippen LogP contribution in [0.5, 0.6) is 0 Å². The van der Waals surface area contributed by atoms with Gasteiger partial charge >= 0.3 is 5.97 Å². The molecule has 0 saturated heterocycles. The highest BCUT2D eigenvalue weighted by atomic mass is 32.2. The Morgan fingerprint density at radius 3 is 2.50 bits per heavy atom. The van der Waals surface area contributed by atoms with Gasteiger partial charge in [-0.05, 0) is 0 Å². The second-order valence-corrected chi connectivity index (χ2v) is 5.87. The minimum atomic E-state index is -3.73. The number of nitrogens with zero attached hydrogens (tertiary/aromatic N) is 2. The first-order chi connectivity index (χ1) is 7.45. The highest BCUT2D eigenvalue weighted by Crippen LogP contribution is 2.23. The highest BCUT2D eigenvalue weighted by Gasteiger charge is 2.29. The number of carboxylic acid groups (broad SMARTS) is 1. The largest absolute Gasteiger partial charge is 0.476 e. The maximum Gasteiger partial charge on any atom is 0.356 e. The molecule has 0 atom stereocenters. The fraction of sp³-hybridized carbons (Fsp3) is 0.500. The summed E-state index contributed by atoms with van der Waals surface area (Å²) >= 11 is 0.822. The normalized spacial score (nSPS) is 11.9. The van der Waals surface area contributed by atoms with Gasteiger partial charge < -0.3 is 5.11 Å². The Kier molecular flexibility index (Phi) is 4.00. The molecule has 0 aliphatic carbocycles. The molecule has 8 heteroatoms. The average molecular weight is 264 g/mol. The standard InChI is InChI=1S/C8H12N2O4S2/c1-3-10(4-2)16(13,14)8-6(7(11)12)9-5-15-8/h5H,3-4H2,1-2H3,(H,11,12). The Labute approximate surface area is 97.6 Å². The number of thiazole rings is 1. The molecule has 16 heavy (non-hydrogen) atoms. The zero-order chi connectivity index (χ0) is 12.3. The number of carboxylic acids is 1. The smallest absolute Gasteiger partial charge is 0.356 e. The van der Waals surface area contributed by atoms with Crippen molar-refractivity contribution in [3.05, 3.63) is 11.2 Å². The van der Waals surface area contributed by atoms with Crippen molar-refractivity contribution < 1.29 is 18.3 Å². The quantitative estimate of drug-likeness (QED) is 0.852. The van der Waals surface area contributed by atoms with Crippen molar-refractivity contribution in [3.63, 3.8) is 0 Å². The molecule has 1 rings (SSSR count). The maximum absolute atomic E-state index is 12.0. The van der Waals surface area contributed by atoms with E-state index in [-0.39, 0.29) is 4.21 Å². The van der Waals surface area contributed by atoms with E-state index in [1.54, 1.807) is 13.8 Å². The first-order valence-corrected chi connectivity index (χ1v) is 6.94. The van der Waals surface area contributed by atoms with Gasteiger partial charge in [0.05, 0.1) is 5.51 Å². The number of hydrogen-bond acceptors (Lipinski definition) is 5. The zero-order valence-electron chi connectivity index (χ0n) is 8.87. The van der Waals surface area contributed by atoms with E-state index in [0.717, 1.165) is 11.3 Å². The molecule has 0 aliphatic rings. The fourth-order valence-corrected chi connectivity index (χ4v) is 3.98. The molecule has 0 aliphatic heterocycles. The highest BCUT2D eigenvalue weighted by molar-refractivity contribution is 7.91. The minimum absolute atomic E-state index is 0.205. The second-order valence-electron chi connectivity index (χ2n) is 2.88. The molecule has 0 bridgehead atoms. The van der Waals surface area contributed by atoms with E-state index in [0.29, 0.717) is 13.1 Å². The molecule has 0 spiro atoms. The second kappa shape index (κ2) is 4.89. The summed E-state index contributed by atoms with van der Waals surface area (Å²) in [6, 6.07) is 0. The van der Waals surface area contributed by atoms with Gasteiger partial charge in [0.2, 0.25) is 0 Å². The van der Waals surface area contributed by atoms with Crippen LogP contribution in [-0.4, -0.2) is 41.9 Å². The molecule has 1 N–H and O–H groups in total. The van der Waals surface area contributed by atoms with E-state index >= 15 is 0 Å². The van der Waals surface area contributed by atoms with Gasteiger partial charge in [0, 0.05) is 13.1 Å². The third kappa shape index (κ3) is 2.23. The molecule has 90 valence electrons. The molecule has 1 heterocycles. The Balaban J connectivity index is 3.27. The Morgan fingerprint density at radius 1 is 1.50 bits per heavy atom. The van der Waals surface area contributed by atoms with E-state index < -0.39 is 21.7 Å². The van der Waals surface area contributed by atoms with Crippen LogP contribution in [0, 0.1) is 0 Å². The molecule has 0 aromatic carbocycles. The van der Waals surface area contributed by atoms with Crippen LogP contribution in [0.4, 0.5) is 0 Å². The summed E-state index contributed by atoms with van der Waals surface area (Å²) in [5.74, 6) is -1.33. The lowest BCUT2D eigenvalue weighted by molar-refractivity contribution is 0.0687. The maximum atomic E-state index is 12.0. The van der Waals surface area contributed by atoms with Crippen LogP contribution in [-0.2, 0) is 10.0 Å². The van der Waals surface area contributed by atoms with Crippen molar-refractivity contribution in [2.75, 3.05) is 13.1 Å². The Hall–Kier alpha value is -0.990. The molecule has 1 aromatic heterocycles. The predicted octanol–water partition coefficient (Wildman–Crippen LogP) is 0.872. The van der Waals surface area contributed by atoms with Gasteiger partial charge in [0.15, 0.2) is 9.90 Å². The van der Waals surface area contributed by atoms with Crippen LogP contribution >= 0.6 is 11.3 Å². The molecule has 0 fully saturated rings. The number of carbonyl (C=O) groups is 1. The lowest BCUT2D eigenvalue weighted by Crippen LogP contribution is -2.31. The van der Waals surface area contributed by atoms with Crippen LogP contribution in [0.3, 0.4) is 0 Å². The molecule has 0 saturated carbocycles. The van der Waals surface area contributed by atoms with E-state index in [1.165, 1.54) is 9.82 Å². The number of rotatable bonds is 5. The van der Waals surface area contributed by atoms with Gasteiger partial charge in [-0.25, -0.2) is 18.2 Å². The molecular formula is C8H12N2O4S2. The van der Waals surface area contributed by atoms with Gasteiger partial charge in [-0.1, -0.05) is 13.8 Å². The number of aromatic nitrogens is 1. The van der Waals surface area contributed by atoms with Crippen molar-refractivity contribution in [1.82, 2.24) is 9.29 Å². The predicted molar refractivity (Wildman–Crippen MR) is 59.2 cm³/mol. The number of aromatic carboxylic acids is 1. The molecular weight excluding hydrogens is 252 g/mol. The summed E-state index contributed by atoms with van der Waals surface area (Å²) in [5, 5.41) is 8.81. The lowest BCUT2D eigenvalue weighted by atomic mass is 10.5. The first kappa shape index (κ1) is 13.1. The molecule has 0 amide bonds. The zero-order valence-corrected chi connectivity index (χ0v) is 10.5. The van der Waals surface area contributed by atoms with Crippen molar-refractivity contribution in [1.29, 1.82) is 0 Å². The van der Waals surface area contributed by atoms with Crippen LogP contribution in [0.15, 0.2) is 9.72 Å². The van der Waals surface area contributed by atoms with Crippen LogP contribution in [0.2, 0.25) is 0 Å². The number of hydrogen-bond donors (Lipinski definition) is 1. The van der Waals surface area contributed by atoms with Crippen LogP contribution in [0.25, 0.3) is 0 Å². The van der Waals surface area contributed by atoms with E-state index in [2.05, 4.69) is 4.98 Å². The average Bonchev–Trinajstić information content (AvgIpc) is 2.67. The SMILES string of the molecule is CCN(CC)S(=O)(=O)c1scnc1C(=O)O. The van der Waals surface area contributed by atoms with E-state index in [1.807, 2.05) is 0 Å². The molecule has 1 aromatic rings. The minimum Gasteiger partial charge on any atom is -0.476 e. The van der Waals surface area contributed by atoms with Crippen LogP contribution < -0.4 is 0 Å². The Morgan fingerprint density at radius 2 is 2.06 bits per heavy atom. The molecule has 6 nitrogen and oxygen atoms in total. The van der Waals surface area contributed by atoms with Crippen molar-refractivity contribution in [2.24, 2.45) is 0 Å². The summed E-state index contributed by atoms with van der Waals surface area (Å²) in [6.45, 7) is 4.00. The van der Waals surface area contributed by atoms with Crippen LogP contribution in [0.1, 0.15) is 24.3 Å². The summed E-state index contributed by atoms with van der Waals surface area (Å²) in [5.41, 5.74) is 0.816. The summed E-state index contributed by atoms with van der Waals surface area (Å²) in [6.07, 6.45) is 0. The van der Waals surface area contributed by atoms with E-state index in [9.17, 15) is 13.2 Å². The molecule has 0 radical (unpaired) electrons. The van der Waals surface area contributed by atoms with Gasteiger partial charge in [-0.3, -0.25) is 0 Å². The summed E-state index contributed by atoms with van der Waals surface area (Å²) in [4.78, 5) is 14.3. The monoisotopic (exact) mass is 264 g/mol. The summed E-state index contributed by atoms with van der Waals surface area (Å²) in [7, 11) is -3.73. The topological polar surface area (TPSA) is 87.6 Å². The van der Waals surface area contributed by atoms with Gasteiger partial charge in [0.1, 0.15) is 0 Å². The van der Waals surface area contributed by atoms with Crippen molar-refractivity contribution >= 4 is 27.3 Å². The van der Waals surface area contributed by atoms with Gasteiger partial charge in [-0.2, -0.15) is 4.31 Å². The van der Waals surface area contributed by atoms with Gasteiger partial charge in [-0.15, -0.1) is 11.3 Å². The first-order valence-electron chi connectivity index (χ1n) is 4.62. The van der Waals surface area contributed by atoms with Crippen molar-refractivity contribution in [3.8, 4) is 0 Å². The summed E-state index contributed by atoms with van der Waals surface area (Å²) < 4.78 is 25.0. The van der Waals surface area contributed by atoms with E-state index in [4.69, 9.17) is 5.11 Å². The third-order valence-corrected chi connectivity index (χ3v) is 5.41. The Bertz CT molecular complexity index is 476. The fourth-order valence-electron chi connectivity index (χ4n) is 1.24. The number of sulfonamides is 1. The lowest BCUT2D eigenvalue weighted by Gasteiger charge is -2.17.